The van der Waals surface area contributed by atoms with Crippen LogP contribution >= 0.6 is 0 Å². The lowest BCUT2D eigenvalue weighted by Crippen LogP contribution is -1.94. The van der Waals surface area contributed by atoms with Crippen molar-refractivity contribution < 1.29 is 9.21 Å². The summed E-state index contributed by atoms with van der Waals surface area (Å²) in [6.07, 6.45) is 4.56. The molecule has 0 aliphatic rings. The summed E-state index contributed by atoms with van der Waals surface area (Å²) in [5.41, 5.74) is 2.24. The minimum Gasteiger partial charge on any atom is -0.461 e. The summed E-state index contributed by atoms with van der Waals surface area (Å²) >= 11 is 0. The van der Waals surface area contributed by atoms with Crippen LogP contribution in [0.1, 0.15) is 35.9 Å². The van der Waals surface area contributed by atoms with Gasteiger partial charge in [-0.2, -0.15) is 0 Å². The number of carbonyl (C=O) groups excluding carboxylic acids is 1. The van der Waals surface area contributed by atoms with Gasteiger partial charge in [-0.1, -0.05) is 26.0 Å². The number of hydrogen-bond donors (Lipinski definition) is 1. The average Bonchev–Trinajstić information content (AvgIpc) is 2.93. The van der Waals surface area contributed by atoms with Crippen LogP contribution in [0.5, 0.6) is 0 Å². The predicted octanol–water partition coefficient (Wildman–Crippen LogP) is 4.21. The third-order valence-corrected chi connectivity index (χ3v) is 2.83. The van der Waals surface area contributed by atoms with Crippen molar-refractivity contribution in [1.82, 2.24) is 0 Å². The molecule has 3 heteroatoms. The second-order valence-corrected chi connectivity index (χ2v) is 4.60. The number of hydrogen-bond acceptors (Lipinski definition) is 3. The molecule has 19 heavy (non-hydrogen) atoms. The molecule has 1 N–H and O–H groups in total. The maximum absolute atomic E-state index is 11.6. The molecule has 1 aromatic heterocycles. The van der Waals surface area contributed by atoms with Gasteiger partial charge in [0.1, 0.15) is 0 Å². The van der Waals surface area contributed by atoms with Crippen molar-refractivity contribution in [3.63, 3.8) is 0 Å². The Bertz CT molecular complexity index is 551. The van der Waals surface area contributed by atoms with Crippen LogP contribution in [0.15, 0.2) is 59.4 Å². The van der Waals surface area contributed by atoms with Crippen LogP contribution in [-0.2, 0) is 0 Å². The van der Waals surface area contributed by atoms with E-state index in [9.17, 15) is 4.79 Å². The lowest BCUT2D eigenvalue weighted by atomic mass is 10.0. The molecule has 0 aliphatic carbocycles. The maximum atomic E-state index is 11.6. The van der Waals surface area contributed by atoms with Gasteiger partial charge in [-0.25, -0.2) is 0 Å². The number of allylic oxidation sites excluding steroid dienone is 1. The summed E-state index contributed by atoms with van der Waals surface area (Å²) in [6.45, 7) is 4.31. The van der Waals surface area contributed by atoms with Crippen LogP contribution < -0.4 is 5.32 Å². The van der Waals surface area contributed by atoms with E-state index >= 15 is 0 Å². The van der Waals surface area contributed by atoms with Crippen molar-refractivity contribution in [2.45, 2.75) is 19.8 Å². The molecule has 0 bridgehead atoms. The van der Waals surface area contributed by atoms with Gasteiger partial charge in [-0.15, -0.1) is 0 Å². The van der Waals surface area contributed by atoms with Crippen LogP contribution in [0.4, 0.5) is 5.69 Å². The highest BCUT2D eigenvalue weighted by Crippen LogP contribution is 2.17. The Morgan fingerprint density at radius 2 is 1.95 bits per heavy atom. The summed E-state index contributed by atoms with van der Waals surface area (Å²) in [4.78, 5) is 11.6. The summed E-state index contributed by atoms with van der Waals surface area (Å²) in [5.74, 6) is 0.703. The van der Waals surface area contributed by atoms with Crippen molar-refractivity contribution in [3.05, 3.63) is 66.3 Å². The molecule has 1 aromatic carbocycles. The molecule has 2 rings (SSSR count). The Morgan fingerprint density at radius 3 is 2.53 bits per heavy atom. The second-order valence-electron chi connectivity index (χ2n) is 4.60. The van der Waals surface area contributed by atoms with Gasteiger partial charge < -0.3 is 9.73 Å². The zero-order valence-electron chi connectivity index (χ0n) is 11.1. The first kappa shape index (κ1) is 13.1. The number of nitrogens with one attached hydrogen (secondary N) is 1. The highest BCUT2D eigenvalue weighted by molar-refractivity contribution is 6.02. The molecule has 2 aromatic rings. The first-order valence-corrected chi connectivity index (χ1v) is 6.27. The Hall–Kier alpha value is -2.29. The normalized spacial score (nSPS) is 11.1. The predicted molar refractivity (Wildman–Crippen MR) is 76.3 cm³/mol. The van der Waals surface area contributed by atoms with Gasteiger partial charge >= 0.3 is 0 Å². The van der Waals surface area contributed by atoms with Gasteiger partial charge in [-0.05, 0) is 35.7 Å². The molecule has 1 heterocycles. The standard InChI is InChI=1S/C16H17NO2/c1-12(2)13-5-7-14(8-6-13)17-10-9-15(18)16-4-3-11-19-16/h3-12,17H,1-2H3/b10-9+. The average molecular weight is 255 g/mol. The molecular formula is C16H17NO2. The highest BCUT2D eigenvalue weighted by Gasteiger charge is 2.03. The van der Waals surface area contributed by atoms with E-state index in [1.54, 1.807) is 18.3 Å². The number of rotatable bonds is 5. The summed E-state index contributed by atoms with van der Waals surface area (Å²) in [5, 5.41) is 3.06. The quantitative estimate of drug-likeness (QED) is 0.642. The Balaban J connectivity index is 1.93. The molecule has 0 spiro atoms. The second kappa shape index (κ2) is 6.05. The first-order valence-electron chi connectivity index (χ1n) is 6.27. The number of carbonyl (C=O) groups is 1. The molecule has 0 saturated heterocycles. The molecule has 0 atom stereocenters. The Morgan fingerprint density at radius 1 is 1.21 bits per heavy atom. The molecule has 0 fully saturated rings. The third kappa shape index (κ3) is 3.58. The van der Waals surface area contributed by atoms with E-state index in [-0.39, 0.29) is 5.78 Å². The fourth-order valence-electron chi connectivity index (χ4n) is 1.68. The Kier molecular flexibility index (Phi) is 4.18. The minimum absolute atomic E-state index is 0.156. The van der Waals surface area contributed by atoms with E-state index in [2.05, 4.69) is 31.3 Å². The van der Waals surface area contributed by atoms with E-state index in [1.165, 1.54) is 17.9 Å². The van der Waals surface area contributed by atoms with Crippen molar-refractivity contribution in [2.24, 2.45) is 0 Å². The van der Waals surface area contributed by atoms with Gasteiger partial charge in [0.25, 0.3) is 0 Å². The van der Waals surface area contributed by atoms with E-state index < -0.39 is 0 Å². The van der Waals surface area contributed by atoms with Gasteiger partial charge in [0.2, 0.25) is 5.78 Å². The van der Waals surface area contributed by atoms with E-state index in [0.717, 1.165) is 5.69 Å². The first-order chi connectivity index (χ1) is 9.16. The smallest absolute Gasteiger partial charge is 0.222 e. The van der Waals surface area contributed by atoms with Crippen LogP contribution in [0.2, 0.25) is 0 Å². The van der Waals surface area contributed by atoms with Crippen LogP contribution in [0, 0.1) is 0 Å². The molecule has 0 unspecified atom stereocenters. The largest absolute Gasteiger partial charge is 0.461 e. The zero-order valence-corrected chi connectivity index (χ0v) is 11.1. The highest BCUT2D eigenvalue weighted by atomic mass is 16.3. The van der Waals surface area contributed by atoms with E-state index in [0.29, 0.717) is 11.7 Å². The van der Waals surface area contributed by atoms with Gasteiger partial charge in [0.05, 0.1) is 6.26 Å². The zero-order chi connectivity index (χ0) is 13.7. The molecule has 0 radical (unpaired) electrons. The number of benzene rings is 1. The lowest BCUT2D eigenvalue weighted by molar-refractivity contribution is 0.102. The summed E-state index contributed by atoms with van der Waals surface area (Å²) < 4.78 is 5.01. The Labute approximate surface area is 112 Å². The fourth-order valence-corrected chi connectivity index (χ4v) is 1.68. The topological polar surface area (TPSA) is 42.2 Å². The van der Waals surface area contributed by atoms with E-state index in [1.807, 2.05) is 12.1 Å². The summed E-state index contributed by atoms with van der Waals surface area (Å²) in [7, 11) is 0. The molecule has 0 amide bonds. The van der Waals surface area contributed by atoms with Crippen LogP contribution in [0.25, 0.3) is 0 Å². The number of ketones is 1. The van der Waals surface area contributed by atoms with Gasteiger partial charge in [-0.3, -0.25) is 4.79 Å². The fraction of sp³-hybridized carbons (Fsp3) is 0.188. The monoisotopic (exact) mass is 255 g/mol. The van der Waals surface area contributed by atoms with Gasteiger partial charge in [0, 0.05) is 18.0 Å². The van der Waals surface area contributed by atoms with Crippen molar-refractivity contribution in [2.75, 3.05) is 5.32 Å². The molecular weight excluding hydrogens is 238 g/mol. The molecule has 0 aliphatic heterocycles. The summed E-state index contributed by atoms with van der Waals surface area (Å²) in [6, 6.07) is 11.5. The molecule has 98 valence electrons. The van der Waals surface area contributed by atoms with E-state index in [4.69, 9.17) is 4.42 Å². The van der Waals surface area contributed by atoms with Crippen LogP contribution in [-0.4, -0.2) is 5.78 Å². The SMILES string of the molecule is CC(C)c1ccc(N/C=C/C(=O)c2ccco2)cc1. The number of anilines is 1. The maximum Gasteiger partial charge on any atom is 0.222 e. The van der Waals surface area contributed by atoms with Crippen molar-refractivity contribution in [3.8, 4) is 0 Å². The van der Waals surface area contributed by atoms with Crippen molar-refractivity contribution in [1.29, 1.82) is 0 Å². The molecule has 0 saturated carbocycles. The lowest BCUT2D eigenvalue weighted by Gasteiger charge is -2.06. The third-order valence-electron chi connectivity index (χ3n) is 2.83. The molecule has 3 nitrogen and oxygen atoms in total. The van der Waals surface area contributed by atoms with Crippen LogP contribution in [0.3, 0.4) is 0 Å². The van der Waals surface area contributed by atoms with Gasteiger partial charge in [0.15, 0.2) is 5.76 Å². The van der Waals surface area contributed by atoms with Crippen molar-refractivity contribution >= 4 is 11.5 Å². The number of furan rings is 1. The minimum atomic E-state index is -0.156.